The van der Waals surface area contributed by atoms with Gasteiger partial charge < -0.3 is 25.2 Å². The van der Waals surface area contributed by atoms with E-state index in [-0.39, 0.29) is 24.4 Å². The molecule has 0 aromatic rings. The fourth-order valence-corrected chi connectivity index (χ4v) is 6.68. The first-order valence-electron chi connectivity index (χ1n) is 9.92. The molecule has 7 atom stereocenters. The van der Waals surface area contributed by atoms with Gasteiger partial charge in [-0.2, -0.15) is 0 Å². The maximum Gasteiger partial charge on any atom is 0.306 e. The molecule has 6 heteroatoms. The van der Waals surface area contributed by atoms with E-state index in [9.17, 15) is 25.2 Å². The first-order valence-corrected chi connectivity index (χ1v) is 9.92. The Hall–Kier alpha value is -0.690. The highest BCUT2D eigenvalue weighted by Gasteiger charge is 2.67. The third-order valence-corrected chi connectivity index (χ3v) is 8.29. The van der Waals surface area contributed by atoms with E-state index >= 15 is 0 Å². The van der Waals surface area contributed by atoms with Crippen molar-refractivity contribution in [1.29, 1.82) is 0 Å². The van der Waals surface area contributed by atoms with Crippen LogP contribution in [0.5, 0.6) is 0 Å². The summed E-state index contributed by atoms with van der Waals surface area (Å²) < 4.78 is 6.15. The van der Waals surface area contributed by atoms with Crippen molar-refractivity contribution in [2.75, 3.05) is 13.2 Å². The predicted octanol–water partition coefficient (Wildman–Crippen LogP) is 2.15. The summed E-state index contributed by atoms with van der Waals surface area (Å²) in [5.41, 5.74) is -2.24. The normalized spacial score (nSPS) is 51.4. The second-order valence-electron chi connectivity index (χ2n) is 9.63. The zero-order valence-corrected chi connectivity index (χ0v) is 16.2. The van der Waals surface area contributed by atoms with E-state index in [1.807, 2.05) is 6.92 Å². The van der Waals surface area contributed by atoms with Gasteiger partial charge in [0.05, 0.1) is 19.6 Å². The molecule has 4 aliphatic rings. The second kappa shape index (κ2) is 6.43. The number of carboxylic acids is 1. The zero-order chi connectivity index (χ0) is 19.4. The van der Waals surface area contributed by atoms with Crippen LogP contribution in [-0.4, -0.2) is 51.0 Å². The zero-order valence-electron chi connectivity index (χ0n) is 16.2. The van der Waals surface area contributed by atoms with Gasteiger partial charge in [-0.15, -0.1) is 0 Å². The molecule has 4 N–H and O–H groups in total. The van der Waals surface area contributed by atoms with Gasteiger partial charge in [-0.3, -0.25) is 4.79 Å². The average Bonchev–Trinajstić information content (AvgIpc) is 2.62. The van der Waals surface area contributed by atoms with Gasteiger partial charge in [-0.05, 0) is 48.9 Å². The van der Waals surface area contributed by atoms with Crippen molar-refractivity contribution in [1.82, 2.24) is 0 Å². The van der Waals surface area contributed by atoms with Crippen molar-refractivity contribution in [3.05, 3.63) is 0 Å². The van der Waals surface area contributed by atoms with Gasteiger partial charge in [0.1, 0.15) is 5.60 Å². The van der Waals surface area contributed by atoms with Crippen LogP contribution in [0.1, 0.15) is 65.7 Å². The number of hydrogen-bond donors (Lipinski definition) is 4. The number of aliphatic hydroxyl groups is 3. The molecule has 6 nitrogen and oxygen atoms in total. The molecule has 0 aromatic carbocycles. The molecule has 2 saturated heterocycles. The van der Waals surface area contributed by atoms with Crippen molar-refractivity contribution in [2.45, 2.75) is 77.1 Å². The van der Waals surface area contributed by atoms with E-state index in [4.69, 9.17) is 4.74 Å². The molecule has 2 unspecified atom stereocenters. The van der Waals surface area contributed by atoms with Gasteiger partial charge >= 0.3 is 5.97 Å². The van der Waals surface area contributed by atoms with E-state index in [1.165, 1.54) is 0 Å². The number of fused-ring (bicyclic) bond motifs is 4. The van der Waals surface area contributed by atoms with Crippen LogP contribution in [0.4, 0.5) is 0 Å². The maximum absolute atomic E-state index is 11.6. The standard InChI is InChI=1S/C20H34O6/c1-13-4-5-15-17(2)8-9-20(25,18(15,3)11-21)26-19(12-22,10-16(23)24)7-6-14(13)17/h13-15,21-22,25H,4-12H2,1-3H3,(H,23,24)/t13-,14-,15+,17+,18?,19+,20?/m0/s1. The number of ether oxygens (including phenoxy) is 1. The van der Waals surface area contributed by atoms with E-state index in [0.717, 1.165) is 25.7 Å². The fraction of sp³-hybridized carbons (Fsp3) is 0.950. The molecule has 2 aliphatic carbocycles. The van der Waals surface area contributed by atoms with Crippen molar-refractivity contribution >= 4 is 5.97 Å². The summed E-state index contributed by atoms with van der Waals surface area (Å²) in [6.45, 7) is 5.72. The highest BCUT2D eigenvalue weighted by Crippen LogP contribution is 2.66. The fourth-order valence-electron chi connectivity index (χ4n) is 6.68. The molecule has 2 saturated carbocycles. The molecular weight excluding hydrogens is 336 g/mol. The average molecular weight is 370 g/mol. The van der Waals surface area contributed by atoms with E-state index < -0.39 is 29.4 Å². The van der Waals surface area contributed by atoms with Crippen LogP contribution in [0.2, 0.25) is 0 Å². The molecule has 0 amide bonds. The lowest BCUT2D eigenvalue weighted by Gasteiger charge is -2.63. The Labute approximate surface area is 155 Å². The molecule has 2 heterocycles. The molecule has 0 aromatic heterocycles. The van der Waals surface area contributed by atoms with E-state index in [0.29, 0.717) is 24.7 Å². The summed E-state index contributed by atoms with van der Waals surface area (Å²) in [7, 11) is 0. The highest BCUT2D eigenvalue weighted by molar-refractivity contribution is 5.68. The first-order chi connectivity index (χ1) is 12.1. The molecule has 4 fully saturated rings. The van der Waals surface area contributed by atoms with Crippen molar-refractivity contribution < 1.29 is 30.0 Å². The largest absolute Gasteiger partial charge is 0.481 e. The van der Waals surface area contributed by atoms with Gasteiger partial charge in [0.2, 0.25) is 0 Å². The van der Waals surface area contributed by atoms with Crippen LogP contribution in [0.3, 0.4) is 0 Å². The topological polar surface area (TPSA) is 107 Å². The Morgan fingerprint density at radius 3 is 2.35 bits per heavy atom. The Morgan fingerprint density at radius 2 is 1.77 bits per heavy atom. The van der Waals surface area contributed by atoms with Gasteiger partial charge in [-0.1, -0.05) is 27.2 Å². The summed E-state index contributed by atoms with van der Waals surface area (Å²) in [6, 6.07) is 0. The number of aliphatic carboxylic acids is 1. The smallest absolute Gasteiger partial charge is 0.306 e. The van der Waals surface area contributed by atoms with Crippen LogP contribution >= 0.6 is 0 Å². The molecule has 0 spiro atoms. The van der Waals surface area contributed by atoms with Crippen molar-refractivity contribution in [2.24, 2.45) is 28.6 Å². The summed E-state index contributed by atoms with van der Waals surface area (Å²) in [5, 5.41) is 41.4. The monoisotopic (exact) mass is 370 g/mol. The number of hydrogen-bond acceptors (Lipinski definition) is 5. The quantitative estimate of drug-likeness (QED) is 0.604. The Morgan fingerprint density at radius 1 is 1.08 bits per heavy atom. The van der Waals surface area contributed by atoms with Gasteiger partial charge in [-0.25, -0.2) is 0 Å². The molecule has 4 rings (SSSR count). The van der Waals surface area contributed by atoms with Crippen LogP contribution in [-0.2, 0) is 9.53 Å². The van der Waals surface area contributed by atoms with E-state index in [2.05, 4.69) is 13.8 Å². The lowest BCUT2D eigenvalue weighted by Crippen LogP contribution is -2.66. The number of carboxylic acid groups (broad SMARTS) is 1. The van der Waals surface area contributed by atoms with Crippen LogP contribution < -0.4 is 0 Å². The molecule has 0 radical (unpaired) electrons. The lowest BCUT2D eigenvalue weighted by atomic mass is 9.44. The minimum atomic E-state index is -1.64. The summed E-state index contributed by atoms with van der Waals surface area (Å²) in [6.07, 6.45) is 3.89. The van der Waals surface area contributed by atoms with Gasteiger partial charge in [0.25, 0.3) is 0 Å². The van der Waals surface area contributed by atoms with Crippen LogP contribution in [0.15, 0.2) is 0 Å². The Balaban J connectivity index is 2.14. The first kappa shape index (κ1) is 20.1. The van der Waals surface area contributed by atoms with E-state index in [1.54, 1.807) is 0 Å². The molecule has 150 valence electrons. The SMILES string of the molecule is C[C@H]1CC[C@H]2C(C)(CO)C3(O)CC[C@]2(C)[C@H]1CC[C@](CO)(CC(=O)O)O3. The van der Waals surface area contributed by atoms with Gasteiger partial charge in [0, 0.05) is 11.8 Å². The minimum Gasteiger partial charge on any atom is -0.481 e. The van der Waals surface area contributed by atoms with Gasteiger partial charge in [0.15, 0.2) is 5.79 Å². The third kappa shape index (κ3) is 2.72. The van der Waals surface area contributed by atoms with Crippen molar-refractivity contribution in [3.63, 3.8) is 0 Å². The molecule has 26 heavy (non-hydrogen) atoms. The van der Waals surface area contributed by atoms with Crippen LogP contribution in [0, 0.1) is 28.6 Å². The van der Waals surface area contributed by atoms with Crippen molar-refractivity contribution in [3.8, 4) is 0 Å². The van der Waals surface area contributed by atoms with Crippen LogP contribution in [0.25, 0.3) is 0 Å². The molecular formula is C20H34O6. The molecule has 4 bridgehead atoms. The summed E-state index contributed by atoms with van der Waals surface area (Å²) in [4.78, 5) is 11.5. The highest BCUT2D eigenvalue weighted by atomic mass is 16.6. The number of aliphatic hydroxyl groups excluding tert-OH is 2. The Kier molecular flexibility index (Phi) is 4.96. The summed E-state index contributed by atoms with van der Waals surface area (Å²) in [5.74, 6) is -1.74. The second-order valence-corrected chi connectivity index (χ2v) is 9.63. The maximum atomic E-state index is 11.6. The number of rotatable bonds is 4. The predicted molar refractivity (Wildman–Crippen MR) is 95.3 cm³/mol. The number of carbonyl (C=O) groups is 1. The summed E-state index contributed by atoms with van der Waals surface area (Å²) >= 11 is 0. The third-order valence-electron chi connectivity index (χ3n) is 8.29. The molecule has 2 aliphatic heterocycles. The lowest BCUT2D eigenvalue weighted by molar-refractivity contribution is -0.365. The Bertz CT molecular complexity index is 567. The minimum absolute atomic E-state index is 0.0283.